The molecule has 1 saturated heterocycles. The third kappa shape index (κ3) is 4.37. The highest BCUT2D eigenvalue weighted by molar-refractivity contribution is 5.91. The maximum Gasteiger partial charge on any atom is 0.317 e. The summed E-state index contributed by atoms with van der Waals surface area (Å²) in [6.07, 6.45) is 2.23. The number of nitrogens with one attached hydrogen (secondary N) is 1. The number of aryl methyl sites for hydroxylation is 1. The molecule has 3 amide bonds. The summed E-state index contributed by atoms with van der Waals surface area (Å²) >= 11 is 0. The molecule has 132 valence electrons. The Morgan fingerprint density at radius 1 is 1.12 bits per heavy atom. The van der Waals surface area contributed by atoms with Gasteiger partial charge in [-0.1, -0.05) is 6.07 Å². The van der Waals surface area contributed by atoms with Crippen LogP contribution in [0.15, 0.2) is 41.0 Å². The quantitative estimate of drug-likeness (QED) is 0.926. The van der Waals surface area contributed by atoms with Gasteiger partial charge in [-0.2, -0.15) is 0 Å². The van der Waals surface area contributed by atoms with Crippen LogP contribution in [0.4, 0.5) is 4.79 Å². The van der Waals surface area contributed by atoms with Crippen LogP contribution in [-0.4, -0.2) is 52.9 Å². The van der Waals surface area contributed by atoms with Gasteiger partial charge in [0.15, 0.2) is 5.76 Å². The maximum atomic E-state index is 12.4. The van der Waals surface area contributed by atoms with E-state index in [0.717, 1.165) is 17.8 Å². The minimum Gasteiger partial charge on any atom is -0.459 e. The summed E-state index contributed by atoms with van der Waals surface area (Å²) < 4.78 is 5.17. The van der Waals surface area contributed by atoms with Gasteiger partial charge in [-0.3, -0.25) is 9.78 Å². The van der Waals surface area contributed by atoms with E-state index in [1.165, 1.54) is 6.26 Å². The molecule has 3 rings (SSSR count). The molecule has 0 radical (unpaired) electrons. The predicted octanol–water partition coefficient (Wildman–Crippen LogP) is 2.04. The van der Waals surface area contributed by atoms with Gasteiger partial charge >= 0.3 is 6.03 Å². The third-order valence-electron chi connectivity index (χ3n) is 4.17. The number of carbonyl (C=O) groups is 2. The van der Waals surface area contributed by atoms with E-state index in [9.17, 15) is 9.59 Å². The first kappa shape index (κ1) is 17.0. The van der Waals surface area contributed by atoms with Gasteiger partial charge in [-0.15, -0.1) is 0 Å². The summed E-state index contributed by atoms with van der Waals surface area (Å²) in [4.78, 5) is 32.6. The molecule has 0 saturated carbocycles. The second kappa shape index (κ2) is 7.83. The molecule has 0 bridgehead atoms. The van der Waals surface area contributed by atoms with Crippen molar-refractivity contribution in [2.75, 3.05) is 26.2 Å². The van der Waals surface area contributed by atoms with Gasteiger partial charge in [0.25, 0.3) is 5.91 Å². The number of pyridine rings is 1. The molecular weight excluding hydrogens is 320 g/mol. The number of nitrogens with zero attached hydrogens (tertiary/aromatic N) is 3. The molecule has 1 aliphatic heterocycles. The number of carbonyl (C=O) groups excluding carboxylic acids is 2. The number of amides is 3. The van der Waals surface area contributed by atoms with Gasteiger partial charge in [0, 0.05) is 31.9 Å². The van der Waals surface area contributed by atoms with E-state index in [-0.39, 0.29) is 11.9 Å². The summed E-state index contributed by atoms with van der Waals surface area (Å²) in [5.41, 5.74) is 1.76. The lowest BCUT2D eigenvalue weighted by Crippen LogP contribution is -2.42. The molecule has 2 aromatic heterocycles. The lowest BCUT2D eigenvalue weighted by molar-refractivity contribution is 0.0730. The molecule has 0 aliphatic carbocycles. The molecule has 7 heteroatoms. The van der Waals surface area contributed by atoms with Crippen LogP contribution in [0.2, 0.25) is 0 Å². The average Bonchev–Trinajstić information content (AvgIpc) is 3.03. The van der Waals surface area contributed by atoms with E-state index in [1.54, 1.807) is 21.9 Å². The standard InChI is InChI=1S/C18H22N4O3/c1-14-5-2-6-15(20-14)13-19-18(24)22-9-4-8-21(10-11-22)17(23)16-7-3-12-25-16/h2-3,5-7,12H,4,8-11,13H2,1H3,(H,19,24). The molecule has 2 aromatic rings. The van der Waals surface area contributed by atoms with Crippen molar-refractivity contribution in [3.63, 3.8) is 0 Å². The topological polar surface area (TPSA) is 78.7 Å². The van der Waals surface area contributed by atoms with Gasteiger partial charge < -0.3 is 19.5 Å². The molecule has 0 unspecified atom stereocenters. The molecule has 25 heavy (non-hydrogen) atoms. The summed E-state index contributed by atoms with van der Waals surface area (Å²) in [6, 6.07) is 8.96. The molecule has 1 N–H and O–H groups in total. The van der Waals surface area contributed by atoms with Crippen molar-refractivity contribution in [1.82, 2.24) is 20.1 Å². The summed E-state index contributed by atoms with van der Waals surface area (Å²) in [5.74, 6) is 0.208. The minimum atomic E-state index is -0.129. The molecule has 1 aliphatic rings. The fourth-order valence-electron chi connectivity index (χ4n) is 2.86. The van der Waals surface area contributed by atoms with Crippen molar-refractivity contribution in [1.29, 1.82) is 0 Å². The van der Waals surface area contributed by atoms with Gasteiger partial charge in [0.2, 0.25) is 0 Å². The molecule has 7 nitrogen and oxygen atoms in total. The van der Waals surface area contributed by atoms with Gasteiger partial charge in [-0.05, 0) is 37.6 Å². The van der Waals surface area contributed by atoms with Crippen molar-refractivity contribution in [3.05, 3.63) is 53.7 Å². The van der Waals surface area contributed by atoms with E-state index in [4.69, 9.17) is 4.42 Å². The molecule has 3 heterocycles. The van der Waals surface area contributed by atoms with E-state index in [1.807, 2.05) is 25.1 Å². The first-order valence-corrected chi connectivity index (χ1v) is 8.41. The van der Waals surface area contributed by atoms with E-state index in [0.29, 0.717) is 38.5 Å². The number of hydrogen-bond acceptors (Lipinski definition) is 4. The lowest BCUT2D eigenvalue weighted by Gasteiger charge is -2.22. The zero-order chi connectivity index (χ0) is 17.6. The number of rotatable bonds is 3. The number of aromatic nitrogens is 1. The Hall–Kier alpha value is -2.83. The van der Waals surface area contributed by atoms with E-state index >= 15 is 0 Å². The van der Waals surface area contributed by atoms with Crippen LogP contribution >= 0.6 is 0 Å². The Balaban J connectivity index is 1.52. The largest absolute Gasteiger partial charge is 0.459 e. The van der Waals surface area contributed by atoms with Crippen LogP contribution in [-0.2, 0) is 6.54 Å². The maximum absolute atomic E-state index is 12.4. The normalized spacial score (nSPS) is 14.9. The van der Waals surface area contributed by atoms with Crippen molar-refractivity contribution < 1.29 is 14.0 Å². The van der Waals surface area contributed by atoms with Crippen LogP contribution in [0, 0.1) is 6.92 Å². The summed E-state index contributed by atoms with van der Waals surface area (Å²) in [5, 5.41) is 2.90. The number of hydrogen-bond donors (Lipinski definition) is 1. The Morgan fingerprint density at radius 3 is 2.68 bits per heavy atom. The summed E-state index contributed by atoms with van der Waals surface area (Å²) in [7, 11) is 0. The monoisotopic (exact) mass is 342 g/mol. The minimum absolute atomic E-state index is 0.129. The SMILES string of the molecule is Cc1cccc(CNC(=O)N2CCCN(C(=O)c3ccco3)CC2)n1. The second-order valence-electron chi connectivity index (χ2n) is 6.04. The van der Waals surface area contributed by atoms with Gasteiger partial charge in [0.1, 0.15) is 0 Å². The van der Waals surface area contributed by atoms with Gasteiger partial charge in [-0.25, -0.2) is 4.79 Å². The molecule has 1 fully saturated rings. The van der Waals surface area contributed by atoms with Crippen molar-refractivity contribution in [2.45, 2.75) is 19.9 Å². The predicted molar refractivity (Wildman–Crippen MR) is 92.0 cm³/mol. The third-order valence-corrected chi connectivity index (χ3v) is 4.17. The Bertz CT molecular complexity index is 730. The zero-order valence-corrected chi connectivity index (χ0v) is 14.3. The Labute approximate surface area is 146 Å². The highest BCUT2D eigenvalue weighted by Gasteiger charge is 2.23. The van der Waals surface area contributed by atoms with Gasteiger partial charge in [0.05, 0.1) is 18.5 Å². The van der Waals surface area contributed by atoms with Crippen LogP contribution in [0.3, 0.4) is 0 Å². The van der Waals surface area contributed by atoms with Crippen LogP contribution < -0.4 is 5.32 Å². The molecule has 0 spiro atoms. The van der Waals surface area contributed by atoms with E-state index in [2.05, 4.69) is 10.3 Å². The number of urea groups is 1. The van der Waals surface area contributed by atoms with Crippen molar-refractivity contribution >= 4 is 11.9 Å². The fourth-order valence-corrected chi connectivity index (χ4v) is 2.86. The number of furan rings is 1. The molecular formula is C18H22N4O3. The molecule has 0 aromatic carbocycles. The highest BCUT2D eigenvalue weighted by atomic mass is 16.3. The van der Waals surface area contributed by atoms with Crippen molar-refractivity contribution in [3.8, 4) is 0 Å². The fraction of sp³-hybridized carbons (Fsp3) is 0.389. The smallest absolute Gasteiger partial charge is 0.317 e. The first-order valence-electron chi connectivity index (χ1n) is 8.41. The van der Waals surface area contributed by atoms with Crippen LogP contribution in [0.5, 0.6) is 0 Å². The van der Waals surface area contributed by atoms with Crippen LogP contribution in [0.25, 0.3) is 0 Å². The van der Waals surface area contributed by atoms with Crippen LogP contribution in [0.1, 0.15) is 28.4 Å². The first-order chi connectivity index (χ1) is 12.1. The second-order valence-corrected chi connectivity index (χ2v) is 6.04. The Kier molecular flexibility index (Phi) is 5.33. The highest BCUT2D eigenvalue weighted by Crippen LogP contribution is 2.10. The lowest BCUT2D eigenvalue weighted by atomic mass is 10.3. The zero-order valence-electron chi connectivity index (χ0n) is 14.3. The Morgan fingerprint density at radius 2 is 1.92 bits per heavy atom. The van der Waals surface area contributed by atoms with E-state index < -0.39 is 0 Å². The summed E-state index contributed by atoms with van der Waals surface area (Å²) in [6.45, 7) is 4.55. The molecule has 0 atom stereocenters. The van der Waals surface area contributed by atoms with Crippen molar-refractivity contribution in [2.24, 2.45) is 0 Å². The average molecular weight is 342 g/mol.